The molecule has 0 saturated carbocycles. The second-order valence-electron chi connectivity index (χ2n) is 7.14. The predicted octanol–water partition coefficient (Wildman–Crippen LogP) is 3.60. The first-order valence-electron chi connectivity index (χ1n) is 9.46. The molecule has 1 atom stereocenters. The lowest BCUT2D eigenvalue weighted by atomic mass is 10.1. The molecule has 2 aromatic rings. The van der Waals surface area contributed by atoms with Gasteiger partial charge in [0.15, 0.2) is 11.6 Å². The highest BCUT2D eigenvalue weighted by Crippen LogP contribution is 2.34. The van der Waals surface area contributed by atoms with Crippen LogP contribution in [0.3, 0.4) is 0 Å². The Labute approximate surface area is 164 Å². The van der Waals surface area contributed by atoms with Gasteiger partial charge in [0.25, 0.3) is 5.88 Å². The van der Waals surface area contributed by atoms with E-state index >= 15 is 0 Å². The number of aromatic nitrogens is 2. The second-order valence-corrected chi connectivity index (χ2v) is 7.14. The molecule has 4 heterocycles. The number of methoxy groups -OCH3 is 1. The maximum Gasteiger partial charge on any atom is 0.257 e. The minimum atomic E-state index is -0.368. The highest BCUT2D eigenvalue weighted by Gasteiger charge is 2.26. The molecule has 2 aliphatic rings. The SMILES string of the molecule is COc1cc(CC2=CN(C(C)c3nc4c(cc3F)OCCO4)CC2)cc(C)n1. The Morgan fingerprint density at radius 1 is 1.21 bits per heavy atom. The Morgan fingerprint density at radius 2 is 2.04 bits per heavy atom. The van der Waals surface area contributed by atoms with Crippen LogP contribution in [0.2, 0.25) is 0 Å². The smallest absolute Gasteiger partial charge is 0.257 e. The van der Waals surface area contributed by atoms with Crippen molar-refractivity contribution in [2.45, 2.75) is 32.7 Å². The average molecular weight is 385 g/mol. The number of rotatable bonds is 5. The largest absolute Gasteiger partial charge is 0.484 e. The van der Waals surface area contributed by atoms with Crippen LogP contribution < -0.4 is 14.2 Å². The first-order valence-corrected chi connectivity index (χ1v) is 9.46. The van der Waals surface area contributed by atoms with E-state index in [1.807, 2.05) is 19.9 Å². The molecule has 0 aliphatic carbocycles. The van der Waals surface area contributed by atoms with Gasteiger partial charge in [-0.2, -0.15) is 0 Å². The molecule has 28 heavy (non-hydrogen) atoms. The Kier molecular flexibility index (Phi) is 5.07. The highest BCUT2D eigenvalue weighted by atomic mass is 19.1. The predicted molar refractivity (Wildman–Crippen MR) is 102 cm³/mol. The molecule has 0 radical (unpaired) electrons. The van der Waals surface area contributed by atoms with Crippen molar-refractivity contribution in [2.24, 2.45) is 0 Å². The van der Waals surface area contributed by atoms with Gasteiger partial charge in [-0.15, -0.1) is 0 Å². The van der Waals surface area contributed by atoms with Gasteiger partial charge in [0.05, 0.1) is 13.2 Å². The van der Waals surface area contributed by atoms with Crippen molar-refractivity contribution in [2.75, 3.05) is 26.9 Å². The van der Waals surface area contributed by atoms with E-state index in [-0.39, 0.29) is 11.9 Å². The minimum Gasteiger partial charge on any atom is -0.484 e. The molecule has 0 saturated heterocycles. The molecule has 0 N–H and O–H groups in total. The van der Waals surface area contributed by atoms with Crippen molar-refractivity contribution >= 4 is 0 Å². The van der Waals surface area contributed by atoms with Crippen LogP contribution >= 0.6 is 0 Å². The average Bonchev–Trinajstić information content (AvgIpc) is 3.14. The molecular weight excluding hydrogens is 361 g/mol. The number of nitrogens with zero attached hydrogens (tertiary/aromatic N) is 3. The van der Waals surface area contributed by atoms with Crippen molar-refractivity contribution < 1.29 is 18.6 Å². The van der Waals surface area contributed by atoms with E-state index in [1.54, 1.807) is 7.11 Å². The van der Waals surface area contributed by atoms with Crippen LogP contribution in [0.4, 0.5) is 4.39 Å². The van der Waals surface area contributed by atoms with Crippen molar-refractivity contribution in [1.82, 2.24) is 14.9 Å². The van der Waals surface area contributed by atoms with Gasteiger partial charge >= 0.3 is 0 Å². The van der Waals surface area contributed by atoms with Gasteiger partial charge in [-0.1, -0.05) is 0 Å². The molecule has 2 aliphatic heterocycles. The van der Waals surface area contributed by atoms with Crippen molar-refractivity contribution in [1.29, 1.82) is 0 Å². The first kappa shape index (κ1) is 18.5. The molecule has 2 aromatic heterocycles. The normalized spacial score (nSPS) is 16.7. The molecule has 0 amide bonds. The van der Waals surface area contributed by atoms with Gasteiger partial charge in [-0.05, 0) is 50.1 Å². The molecule has 148 valence electrons. The third-order valence-corrected chi connectivity index (χ3v) is 5.08. The van der Waals surface area contributed by atoms with Crippen LogP contribution in [0.15, 0.2) is 30.0 Å². The molecule has 1 unspecified atom stereocenters. The van der Waals surface area contributed by atoms with E-state index in [9.17, 15) is 4.39 Å². The van der Waals surface area contributed by atoms with E-state index in [4.69, 9.17) is 14.2 Å². The Hall–Kier alpha value is -2.83. The van der Waals surface area contributed by atoms with Crippen molar-refractivity contribution in [3.8, 4) is 17.5 Å². The van der Waals surface area contributed by atoms with Crippen LogP contribution in [0.5, 0.6) is 17.5 Å². The molecule has 0 fully saturated rings. The quantitative estimate of drug-likeness (QED) is 0.784. The fraction of sp³-hybridized carbons (Fsp3) is 0.429. The third kappa shape index (κ3) is 3.74. The number of hydrogen-bond acceptors (Lipinski definition) is 6. The first-order chi connectivity index (χ1) is 13.5. The van der Waals surface area contributed by atoms with Gasteiger partial charge in [0, 0.05) is 24.4 Å². The summed E-state index contributed by atoms with van der Waals surface area (Å²) in [7, 11) is 1.62. The van der Waals surface area contributed by atoms with Crippen LogP contribution in [-0.2, 0) is 6.42 Å². The summed E-state index contributed by atoms with van der Waals surface area (Å²) < 4.78 is 30.8. The van der Waals surface area contributed by atoms with Crippen molar-refractivity contribution in [3.05, 3.63) is 52.7 Å². The summed E-state index contributed by atoms with van der Waals surface area (Å²) in [5.41, 5.74) is 3.76. The standard InChI is InChI=1S/C21H24FN3O3/c1-13-8-16(10-19(23-13)26-3)9-15-4-5-25(12-15)14(2)20-17(22)11-18-21(24-20)28-7-6-27-18/h8,10-12,14H,4-7,9H2,1-3H3. The Balaban J connectivity index is 1.51. The van der Waals surface area contributed by atoms with E-state index < -0.39 is 0 Å². The van der Waals surface area contributed by atoms with Gasteiger partial charge in [0.1, 0.15) is 18.9 Å². The fourth-order valence-electron chi connectivity index (χ4n) is 3.67. The van der Waals surface area contributed by atoms with E-state index in [0.717, 1.165) is 30.6 Å². The highest BCUT2D eigenvalue weighted by molar-refractivity contribution is 5.38. The molecule has 7 heteroatoms. The topological polar surface area (TPSA) is 56.7 Å². The summed E-state index contributed by atoms with van der Waals surface area (Å²) >= 11 is 0. The summed E-state index contributed by atoms with van der Waals surface area (Å²) in [5.74, 6) is 1.01. The monoisotopic (exact) mass is 385 g/mol. The maximum atomic E-state index is 14.6. The zero-order valence-corrected chi connectivity index (χ0v) is 16.4. The second kappa shape index (κ2) is 7.66. The number of hydrogen-bond donors (Lipinski definition) is 0. The van der Waals surface area contributed by atoms with E-state index in [1.165, 1.54) is 11.6 Å². The summed E-state index contributed by atoms with van der Waals surface area (Å²) in [4.78, 5) is 10.8. The van der Waals surface area contributed by atoms with E-state index in [2.05, 4.69) is 27.1 Å². The number of halogens is 1. The maximum absolute atomic E-state index is 14.6. The van der Waals surface area contributed by atoms with Crippen LogP contribution in [-0.4, -0.2) is 41.7 Å². The molecule has 0 aromatic carbocycles. The van der Waals surface area contributed by atoms with Crippen LogP contribution in [0.1, 0.15) is 36.3 Å². The van der Waals surface area contributed by atoms with Gasteiger partial charge in [-0.3, -0.25) is 0 Å². The summed E-state index contributed by atoms with van der Waals surface area (Å²) in [6, 6.07) is 5.21. The van der Waals surface area contributed by atoms with Gasteiger partial charge < -0.3 is 19.1 Å². The summed E-state index contributed by atoms with van der Waals surface area (Å²) in [6.07, 6.45) is 3.87. The third-order valence-electron chi connectivity index (χ3n) is 5.08. The summed E-state index contributed by atoms with van der Waals surface area (Å²) in [5, 5.41) is 0. The summed E-state index contributed by atoms with van der Waals surface area (Å²) in [6.45, 7) is 5.59. The number of aryl methyl sites for hydroxylation is 1. The van der Waals surface area contributed by atoms with Gasteiger partial charge in [0.2, 0.25) is 5.88 Å². The minimum absolute atomic E-state index is 0.193. The zero-order valence-electron chi connectivity index (χ0n) is 16.4. The number of pyridine rings is 2. The molecule has 0 bridgehead atoms. The lowest BCUT2D eigenvalue weighted by Crippen LogP contribution is -2.23. The van der Waals surface area contributed by atoms with Crippen LogP contribution in [0, 0.1) is 12.7 Å². The number of ether oxygens (including phenoxy) is 3. The number of fused-ring (bicyclic) bond motifs is 1. The molecular formula is C21H24FN3O3. The molecule has 6 nitrogen and oxygen atoms in total. The Morgan fingerprint density at radius 3 is 2.86 bits per heavy atom. The van der Waals surface area contributed by atoms with Crippen molar-refractivity contribution in [3.63, 3.8) is 0 Å². The lowest BCUT2D eigenvalue weighted by Gasteiger charge is -2.26. The molecule has 4 rings (SSSR count). The molecule has 0 spiro atoms. The van der Waals surface area contributed by atoms with E-state index in [0.29, 0.717) is 36.4 Å². The fourth-order valence-corrected chi connectivity index (χ4v) is 3.67. The zero-order chi connectivity index (χ0) is 19.7. The lowest BCUT2D eigenvalue weighted by molar-refractivity contribution is 0.161. The Bertz CT molecular complexity index is 916. The van der Waals surface area contributed by atoms with Crippen LogP contribution in [0.25, 0.3) is 0 Å². The van der Waals surface area contributed by atoms with Gasteiger partial charge in [-0.25, -0.2) is 14.4 Å².